The van der Waals surface area contributed by atoms with E-state index in [1.807, 2.05) is 26.8 Å². The van der Waals surface area contributed by atoms with Crippen LogP contribution in [0.5, 0.6) is 11.5 Å². The van der Waals surface area contributed by atoms with Gasteiger partial charge in [0.15, 0.2) is 17.3 Å². The minimum absolute atomic E-state index is 0.00135. The summed E-state index contributed by atoms with van der Waals surface area (Å²) in [5.74, 6) is 0.0630. The van der Waals surface area contributed by atoms with Crippen molar-refractivity contribution in [2.75, 3.05) is 12.4 Å². The van der Waals surface area contributed by atoms with Gasteiger partial charge >= 0.3 is 0 Å². The molecule has 32 heavy (non-hydrogen) atoms. The van der Waals surface area contributed by atoms with E-state index in [-0.39, 0.29) is 29.1 Å². The van der Waals surface area contributed by atoms with Crippen LogP contribution in [0.4, 0.5) is 5.82 Å². The summed E-state index contributed by atoms with van der Waals surface area (Å²) < 4.78 is 5.29. The van der Waals surface area contributed by atoms with Crippen LogP contribution in [0.15, 0.2) is 59.1 Å². The van der Waals surface area contributed by atoms with Gasteiger partial charge in [-0.3, -0.25) is 9.59 Å². The highest BCUT2D eigenvalue weighted by Crippen LogP contribution is 2.45. The standard InChI is InChI=1S/C25H27N3O4/c1-13-5-8-21(26-12-13)28-25(31)22-15(3)27-17-9-14(2)10-19(30)24(17)23(22)16-6-7-18(29)20(11-16)32-4/h5-8,11-12,14,23,27,29H,9-10H2,1-4H3,(H,26,28,31). The highest BCUT2D eigenvalue weighted by atomic mass is 16.5. The summed E-state index contributed by atoms with van der Waals surface area (Å²) in [6.07, 6.45) is 2.85. The molecule has 1 aliphatic heterocycles. The van der Waals surface area contributed by atoms with Gasteiger partial charge in [-0.2, -0.15) is 0 Å². The van der Waals surface area contributed by atoms with Crippen molar-refractivity contribution in [2.24, 2.45) is 5.92 Å². The molecule has 0 fully saturated rings. The van der Waals surface area contributed by atoms with Gasteiger partial charge in [0, 0.05) is 41.1 Å². The molecule has 2 heterocycles. The fourth-order valence-electron chi connectivity index (χ4n) is 4.47. The first-order chi connectivity index (χ1) is 15.3. The molecule has 0 bridgehead atoms. The molecule has 2 aromatic rings. The molecule has 2 atom stereocenters. The molecule has 0 spiro atoms. The first-order valence-electron chi connectivity index (χ1n) is 10.6. The number of aromatic nitrogens is 1. The van der Waals surface area contributed by atoms with Crippen molar-refractivity contribution in [3.05, 3.63) is 70.2 Å². The number of Topliss-reactive ketones (excluding diaryl/α,β-unsaturated/α-hetero) is 1. The molecule has 0 saturated heterocycles. The molecule has 1 aliphatic carbocycles. The number of pyridine rings is 1. The Balaban J connectivity index is 1.81. The van der Waals surface area contributed by atoms with Gasteiger partial charge in [0.05, 0.1) is 7.11 Å². The maximum Gasteiger partial charge on any atom is 0.255 e. The van der Waals surface area contributed by atoms with Gasteiger partial charge < -0.3 is 20.5 Å². The molecular weight excluding hydrogens is 406 g/mol. The van der Waals surface area contributed by atoms with Crippen LogP contribution in [0.3, 0.4) is 0 Å². The molecule has 2 aliphatic rings. The summed E-state index contributed by atoms with van der Waals surface area (Å²) in [5.41, 5.74) is 4.28. The lowest BCUT2D eigenvalue weighted by Crippen LogP contribution is -2.37. The van der Waals surface area contributed by atoms with E-state index in [1.165, 1.54) is 13.2 Å². The molecule has 4 rings (SSSR count). The number of phenols is 1. The van der Waals surface area contributed by atoms with Crippen LogP contribution in [-0.2, 0) is 9.59 Å². The van der Waals surface area contributed by atoms with Crippen LogP contribution in [0.25, 0.3) is 0 Å². The van der Waals surface area contributed by atoms with Crippen molar-refractivity contribution in [2.45, 2.75) is 39.5 Å². The van der Waals surface area contributed by atoms with Crippen LogP contribution < -0.4 is 15.4 Å². The molecule has 7 nitrogen and oxygen atoms in total. The quantitative estimate of drug-likeness (QED) is 0.675. The van der Waals surface area contributed by atoms with E-state index in [0.717, 1.165) is 17.7 Å². The van der Waals surface area contributed by atoms with Crippen molar-refractivity contribution in [3.8, 4) is 11.5 Å². The Kier molecular flexibility index (Phi) is 5.74. The van der Waals surface area contributed by atoms with E-state index >= 15 is 0 Å². The average molecular weight is 434 g/mol. The van der Waals surface area contributed by atoms with E-state index in [9.17, 15) is 14.7 Å². The molecule has 1 aromatic carbocycles. The lowest BCUT2D eigenvalue weighted by atomic mass is 9.73. The first-order valence-corrected chi connectivity index (χ1v) is 10.6. The number of benzene rings is 1. The summed E-state index contributed by atoms with van der Waals surface area (Å²) in [7, 11) is 1.47. The molecule has 1 amide bonds. The van der Waals surface area contributed by atoms with Gasteiger partial charge in [0.2, 0.25) is 0 Å². The Morgan fingerprint density at radius 2 is 2.00 bits per heavy atom. The van der Waals surface area contributed by atoms with Crippen LogP contribution in [0, 0.1) is 12.8 Å². The fraction of sp³-hybridized carbons (Fsp3) is 0.320. The first kappa shape index (κ1) is 21.6. The number of amides is 1. The smallest absolute Gasteiger partial charge is 0.255 e. The Labute approximate surface area is 187 Å². The molecular formula is C25H27N3O4. The van der Waals surface area contributed by atoms with Crippen molar-refractivity contribution < 1.29 is 19.4 Å². The topological polar surface area (TPSA) is 101 Å². The largest absolute Gasteiger partial charge is 0.504 e. The van der Waals surface area contributed by atoms with Gasteiger partial charge in [0.1, 0.15) is 5.82 Å². The van der Waals surface area contributed by atoms with Crippen molar-refractivity contribution in [1.29, 1.82) is 0 Å². The second-order valence-corrected chi connectivity index (χ2v) is 8.53. The number of carbonyl (C=O) groups is 2. The van der Waals surface area contributed by atoms with E-state index in [0.29, 0.717) is 34.6 Å². The van der Waals surface area contributed by atoms with Crippen LogP contribution in [0.2, 0.25) is 0 Å². The highest BCUT2D eigenvalue weighted by molar-refractivity contribution is 6.09. The average Bonchev–Trinajstić information content (AvgIpc) is 2.74. The Morgan fingerprint density at radius 3 is 2.69 bits per heavy atom. The van der Waals surface area contributed by atoms with Gasteiger partial charge in [0.25, 0.3) is 5.91 Å². The van der Waals surface area contributed by atoms with Gasteiger partial charge in [-0.1, -0.05) is 19.1 Å². The molecule has 0 radical (unpaired) electrons. The lowest BCUT2D eigenvalue weighted by molar-refractivity contribution is -0.117. The number of aryl methyl sites for hydroxylation is 1. The third kappa shape index (κ3) is 3.98. The Hall–Kier alpha value is -3.61. The number of ether oxygens (including phenoxy) is 1. The number of rotatable bonds is 4. The molecule has 1 aromatic heterocycles. The number of hydrogen-bond acceptors (Lipinski definition) is 6. The van der Waals surface area contributed by atoms with E-state index in [4.69, 9.17) is 4.74 Å². The molecule has 3 N–H and O–H groups in total. The number of nitrogens with zero attached hydrogens (tertiary/aromatic N) is 1. The maximum atomic E-state index is 13.4. The molecule has 2 unspecified atom stereocenters. The van der Waals surface area contributed by atoms with Gasteiger partial charge in [-0.05, 0) is 55.5 Å². The van der Waals surface area contributed by atoms with Crippen LogP contribution in [-0.4, -0.2) is 28.9 Å². The second-order valence-electron chi connectivity index (χ2n) is 8.53. The van der Waals surface area contributed by atoms with E-state index < -0.39 is 5.92 Å². The summed E-state index contributed by atoms with van der Waals surface area (Å²) >= 11 is 0. The number of anilines is 1. The summed E-state index contributed by atoms with van der Waals surface area (Å²) in [6, 6.07) is 8.56. The Bertz CT molecular complexity index is 1150. The number of allylic oxidation sites excluding steroid dienone is 3. The maximum absolute atomic E-state index is 13.4. The predicted molar refractivity (Wildman–Crippen MR) is 121 cm³/mol. The predicted octanol–water partition coefficient (Wildman–Crippen LogP) is 3.96. The number of nitrogens with one attached hydrogen (secondary N) is 2. The molecule has 166 valence electrons. The monoisotopic (exact) mass is 433 g/mol. The summed E-state index contributed by atoms with van der Waals surface area (Å²) in [6.45, 7) is 5.82. The minimum atomic E-state index is -0.578. The molecule has 7 heteroatoms. The van der Waals surface area contributed by atoms with Crippen molar-refractivity contribution in [1.82, 2.24) is 10.3 Å². The number of phenolic OH excluding ortho intramolecular Hbond substituents is 1. The zero-order valence-electron chi connectivity index (χ0n) is 18.7. The van der Waals surface area contributed by atoms with E-state index in [2.05, 4.69) is 15.6 Å². The van der Waals surface area contributed by atoms with E-state index in [1.54, 1.807) is 24.4 Å². The summed E-state index contributed by atoms with van der Waals surface area (Å²) in [5, 5.41) is 16.3. The minimum Gasteiger partial charge on any atom is -0.504 e. The van der Waals surface area contributed by atoms with Crippen LogP contribution >= 0.6 is 0 Å². The number of carbonyl (C=O) groups excluding carboxylic acids is 2. The van der Waals surface area contributed by atoms with Crippen molar-refractivity contribution >= 4 is 17.5 Å². The lowest BCUT2D eigenvalue weighted by Gasteiger charge is -2.36. The highest BCUT2D eigenvalue weighted by Gasteiger charge is 2.40. The van der Waals surface area contributed by atoms with Crippen molar-refractivity contribution in [3.63, 3.8) is 0 Å². The van der Waals surface area contributed by atoms with Gasteiger partial charge in [-0.25, -0.2) is 4.98 Å². The second kappa shape index (κ2) is 8.49. The SMILES string of the molecule is COc1cc(C2C(C(=O)Nc3ccc(C)cn3)=C(C)NC3=C2C(=O)CC(C)C3)ccc1O. The normalized spacial score (nSPS) is 20.6. The van der Waals surface area contributed by atoms with Crippen LogP contribution in [0.1, 0.15) is 43.7 Å². The Morgan fingerprint density at radius 1 is 1.22 bits per heavy atom. The number of hydrogen-bond donors (Lipinski definition) is 3. The summed E-state index contributed by atoms with van der Waals surface area (Å²) in [4.78, 5) is 30.9. The number of methoxy groups -OCH3 is 1. The fourth-order valence-corrected chi connectivity index (χ4v) is 4.47. The number of ketones is 1. The molecule has 0 saturated carbocycles. The zero-order valence-corrected chi connectivity index (χ0v) is 18.7. The third-order valence-corrected chi connectivity index (χ3v) is 5.97. The van der Waals surface area contributed by atoms with Gasteiger partial charge in [-0.15, -0.1) is 0 Å². The number of dihydropyridines is 1. The number of aromatic hydroxyl groups is 1. The zero-order chi connectivity index (χ0) is 23.0. The third-order valence-electron chi connectivity index (χ3n) is 5.97.